The van der Waals surface area contributed by atoms with E-state index in [1.807, 2.05) is 24.3 Å². The fraction of sp³-hybridized carbons (Fsp3) is 0.520. The lowest BCUT2D eigenvalue weighted by Gasteiger charge is -2.33. The largest absolute Gasteiger partial charge is 0.353 e. The van der Waals surface area contributed by atoms with E-state index in [2.05, 4.69) is 10.0 Å². The maximum absolute atomic E-state index is 12.7. The Morgan fingerprint density at radius 2 is 1.70 bits per heavy atom. The molecule has 2 aromatic rings. The zero-order valence-corrected chi connectivity index (χ0v) is 19.8. The van der Waals surface area contributed by atoms with E-state index in [-0.39, 0.29) is 41.6 Å². The Balaban J connectivity index is 1.27. The molecule has 7 nitrogen and oxygen atoms in total. The van der Waals surface area contributed by atoms with E-state index in [0.29, 0.717) is 13.1 Å². The van der Waals surface area contributed by atoms with Crippen molar-refractivity contribution in [2.24, 2.45) is 5.92 Å². The molecule has 2 N–H and O–H groups in total. The Labute approximate surface area is 196 Å². The van der Waals surface area contributed by atoms with Gasteiger partial charge in [0.25, 0.3) is 0 Å². The molecule has 2 aromatic carbocycles. The lowest BCUT2D eigenvalue weighted by atomic mass is 9.93. The third kappa shape index (κ3) is 6.12. The molecule has 2 aliphatic rings. The molecule has 1 saturated carbocycles. The van der Waals surface area contributed by atoms with Crippen molar-refractivity contribution in [1.82, 2.24) is 14.9 Å². The quantitative estimate of drug-likeness (QED) is 0.648. The monoisotopic (exact) mass is 471 g/mol. The van der Waals surface area contributed by atoms with Crippen LogP contribution in [-0.4, -0.2) is 50.8 Å². The first kappa shape index (κ1) is 23.7. The highest BCUT2D eigenvalue weighted by atomic mass is 32.2. The van der Waals surface area contributed by atoms with Gasteiger partial charge in [0, 0.05) is 32.1 Å². The highest BCUT2D eigenvalue weighted by molar-refractivity contribution is 7.89. The number of rotatable bonds is 7. The molecule has 1 unspecified atom stereocenters. The topological polar surface area (TPSA) is 95.6 Å². The predicted molar refractivity (Wildman–Crippen MR) is 128 cm³/mol. The summed E-state index contributed by atoms with van der Waals surface area (Å²) in [7, 11) is -3.70. The van der Waals surface area contributed by atoms with Crippen molar-refractivity contribution in [3.8, 4) is 0 Å². The van der Waals surface area contributed by atoms with Crippen molar-refractivity contribution in [3.63, 3.8) is 0 Å². The summed E-state index contributed by atoms with van der Waals surface area (Å²) in [6.07, 6.45) is 7.29. The van der Waals surface area contributed by atoms with Crippen LogP contribution in [0.1, 0.15) is 51.4 Å². The SMILES string of the molecule is O=C(NC1CCCCC1)C1CCCN(C(=O)CCNS(=O)(=O)c2ccc3ccccc3c2)C1. The third-order valence-electron chi connectivity index (χ3n) is 6.76. The predicted octanol–water partition coefficient (Wildman–Crippen LogP) is 3.20. The molecule has 0 spiro atoms. The van der Waals surface area contributed by atoms with Gasteiger partial charge in [0.2, 0.25) is 21.8 Å². The molecule has 33 heavy (non-hydrogen) atoms. The van der Waals surface area contributed by atoms with Gasteiger partial charge in [-0.25, -0.2) is 13.1 Å². The van der Waals surface area contributed by atoms with E-state index < -0.39 is 10.0 Å². The lowest BCUT2D eigenvalue weighted by molar-refractivity contribution is -0.135. The van der Waals surface area contributed by atoms with E-state index in [4.69, 9.17) is 0 Å². The van der Waals surface area contributed by atoms with Gasteiger partial charge < -0.3 is 10.2 Å². The van der Waals surface area contributed by atoms with E-state index >= 15 is 0 Å². The number of carbonyl (C=O) groups is 2. The van der Waals surface area contributed by atoms with Gasteiger partial charge >= 0.3 is 0 Å². The molecular formula is C25H33N3O4S. The molecule has 178 valence electrons. The molecule has 1 heterocycles. The molecule has 1 saturated heterocycles. The van der Waals surface area contributed by atoms with Gasteiger partial charge in [0.05, 0.1) is 10.8 Å². The van der Waals surface area contributed by atoms with Crippen LogP contribution in [0.15, 0.2) is 47.4 Å². The number of sulfonamides is 1. The van der Waals surface area contributed by atoms with Gasteiger partial charge in [0.1, 0.15) is 0 Å². The summed E-state index contributed by atoms with van der Waals surface area (Å²) in [6, 6.07) is 12.8. The molecule has 4 rings (SSSR count). The maximum Gasteiger partial charge on any atom is 0.240 e. The molecular weight excluding hydrogens is 438 g/mol. The summed E-state index contributed by atoms with van der Waals surface area (Å²) in [4.78, 5) is 27.3. The van der Waals surface area contributed by atoms with Crippen molar-refractivity contribution < 1.29 is 18.0 Å². The van der Waals surface area contributed by atoms with Crippen LogP contribution in [0.5, 0.6) is 0 Å². The normalized spacial score (nSPS) is 20.0. The summed E-state index contributed by atoms with van der Waals surface area (Å²) in [5, 5.41) is 4.99. The minimum Gasteiger partial charge on any atom is -0.353 e. The second-order valence-corrected chi connectivity index (χ2v) is 10.9. The summed E-state index contributed by atoms with van der Waals surface area (Å²) >= 11 is 0. The lowest BCUT2D eigenvalue weighted by Crippen LogP contribution is -2.48. The van der Waals surface area contributed by atoms with Gasteiger partial charge in [-0.15, -0.1) is 0 Å². The van der Waals surface area contributed by atoms with Crippen molar-refractivity contribution in [2.75, 3.05) is 19.6 Å². The fourth-order valence-electron chi connectivity index (χ4n) is 4.85. The molecule has 0 aromatic heterocycles. The van der Waals surface area contributed by atoms with E-state index in [1.54, 1.807) is 23.1 Å². The summed E-state index contributed by atoms with van der Waals surface area (Å²) in [5.74, 6) is -0.248. The van der Waals surface area contributed by atoms with E-state index in [0.717, 1.165) is 49.3 Å². The second kappa shape index (κ2) is 10.7. The van der Waals surface area contributed by atoms with Crippen molar-refractivity contribution >= 4 is 32.6 Å². The molecule has 1 aliphatic carbocycles. The molecule has 1 aliphatic heterocycles. The van der Waals surface area contributed by atoms with Crippen LogP contribution in [-0.2, 0) is 19.6 Å². The number of nitrogens with one attached hydrogen (secondary N) is 2. The molecule has 8 heteroatoms. The average Bonchev–Trinajstić information content (AvgIpc) is 2.84. The Morgan fingerprint density at radius 3 is 2.48 bits per heavy atom. The molecule has 2 fully saturated rings. The highest BCUT2D eigenvalue weighted by Gasteiger charge is 2.29. The van der Waals surface area contributed by atoms with Crippen LogP contribution in [0, 0.1) is 5.92 Å². The number of hydrogen-bond acceptors (Lipinski definition) is 4. The van der Waals surface area contributed by atoms with Crippen LogP contribution in [0.25, 0.3) is 10.8 Å². The smallest absolute Gasteiger partial charge is 0.240 e. The number of piperidine rings is 1. The molecule has 1 atom stereocenters. The number of amides is 2. The second-order valence-electron chi connectivity index (χ2n) is 9.18. The number of hydrogen-bond donors (Lipinski definition) is 2. The average molecular weight is 472 g/mol. The number of nitrogens with zero attached hydrogens (tertiary/aromatic N) is 1. The van der Waals surface area contributed by atoms with E-state index in [1.165, 1.54) is 6.42 Å². The maximum atomic E-state index is 12.7. The summed E-state index contributed by atoms with van der Waals surface area (Å²) in [6.45, 7) is 1.06. The summed E-state index contributed by atoms with van der Waals surface area (Å²) < 4.78 is 27.9. The van der Waals surface area contributed by atoms with Gasteiger partial charge in [-0.2, -0.15) is 0 Å². The number of fused-ring (bicyclic) bond motifs is 1. The van der Waals surface area contributed by atoms with Gasteiger partial charge in [-0.3, -0.25) is 9.59 Å². The standard InChI is InChI=1S/C25H33N3O4S/c29-24(28-16-6-9-21(18-28)25(30)27-22-10-2-1-3-11-22)14-15-26-33(31,32)23-13-12-19-7-4-5-8-20(19)17-23/h4-5,7-8,12-13,17,21-22,26H,1-3,6,9-11,14-16,18H2,(H,27,30). The first-order valence-corrected chi connectivity index (χ1v) is 13.5. The first-order chi connectivity index (χ1) is 15.9. The Kier molecular flexibility index (Phi) is 7.65. The van der Waals surface area contributed by atoms with Crippen molar-refractivity contribution in [2.45, 2.75) is 62.3 Å². The van der Waals surface area contributed by atoms with Gasteiger partial charge in [0.15, 0.2) is 0 Å². The Morgan fingerprint density at radius 1 is 0.939 bits per heavy atom. The summed E-state index contributed by atoms with van der Waals surface area (Å²) in [5.41, 5.74) is 0. The Bertz CT molecular complexity index is 1100. The van der Waals surface area contributed by atoms with Crippen molar-refractivity contribution in [1.29, 1.82) is 0 Å². The van der Waals surface area contributed by atoms with Crippen LogP contribution in [0.4, 0.5) is 0 Å². The molecule has 0 radical (unpaired) electrons. The van der Waals surface area contributed by atoms with Crippen LogP contribution in [0.3, 0.4) is 0 Å². The first-order valence-electron chi connectivity index (χ1n) is 12.0. The van der Waals surface area contributed by atoms with Gasteiger partial charge in [-0.05, 0) is 48.6 Å². The van der Waals surface area contributed by atoms with Crippen molar-refractivity contribution in [3.05, 3.63) is 42.5 Å². The number of carbonyl (C=O) groups excluding carboxylic acids is 2. The van der Waals surface area contributed by atoms with Gasteiger partial charge in [-0.1, -0.05) is 49.6 Å². The molecule has 2 amide bonds. The number of benzene rings is 2. The minimum atomic E-state index is -3.70. The van der Waals surface area contributed by atoms with Crippen LogP contribution >= 0.6 is 0 Å². The van der Waals surface area contributed by atoms with E-state index in [9.17, 15) is 18.0 Å². The minimum absolute atomic E-state index is 0.0312. The zero-order valence-electron chi connectivity index (χ0n) is 19.0. The third-order valence-corrected chi connectivity index (χ3v) is 8.22. The highest BCUT2D eigenvalue weighted by Crippen LogP contribution is 2.22. The van der Waals surface area contributed by atoms with Crippen LogP contribution < -0.4 is 10.0 Å². The fourth-order valence-corrected chi connectivity index (χ4v) is 5.92. The Hall–Kier alpha value is -2.45. The number of likely N-dealkylation sites (tertiary alicyclic amines) is 1. The molecule has 0 bridgehead atoms. The zero-order chi connectivity index (χ0) is 23.3. The van der Waals surface area contributed by atoms with Crippen LogP contribution in [0.2, 0.25) is 0 Å².